The molecule has 0 bridgehead atoms. The van der Waals surface area contributed by atoms with Crippen LogP contribution in [0.1, 0.15) is 72.6 Å². The second-order valence-corrected chi connectivity index (χ2v) is 7.36. The van der Waals surface area contributed by atoms with Crippen LogP contribution in [0, 0.1) is 6.92 Å². The number of carbonyl (C=O) groups excluding carboxylic acids is 1. The molecule has 0 amide bonds. The molecule has 26 heavy (non-hydrogen) atoms. The Morgan fingerprint density at radius 1 is 0.962 bits per heavy atom. The molecule has 1 unspecified atom stereocenters. The van der Waals surface area contributed by atoms with Crippen molar-refractivity contribution in [3.63, 3.8) is 0 Å². The van der Waals surface area contributed by atoms with Crippen molar-refractivity contribution in [1.29, 1.82) is 0 Å². The Bertz CT molecular complexity index is 797. The van der Waals surface area contributed by atoms with E-state index in [-0.39, 0.29) is 19.3 Å². The number of carbonyl (C=O) groups is 1. The van der Waals surface area contributed by atoms with E-state index >= 15 is 0 Å². The van der Waals surface area contributed by atoms with Gasteiger partial charge < -0.3 is 5.32 Å². The average Bonchev–Trinajstić information content (AvgIpc) is 2.91. The Morgan fingerprint density at radius 2 is 1.65 bits per heavy atom. The molecule has 4 rings (SSSR count). The van der Waals surface area contributed by atoms with Gasteiger partial charge in [-0.15, -0.1) is 0 Å². The van der Waals surface area contributed by atoms with Crippen LogP contribution in [0.5, 0.6) is 0 Å². The first-order valence-electron chi connectivity index (χ1n) is 9.40. The van der Waals surface area contributed by atoms with Gasteiger partial charge in [-0.25, -0.2) is 0 Å². The van der Waals surface area contributed by atoms with Crippen molar-refractivity contribution >= 4 is 11.9 Å². The average molecular weight is 348 g/mol. The zero-order valence-electron chi connectivity index (χ0n) is 14.8. The number of rotatable bonds is 3. The molecule has 0 aromatic heterocycles. The number of hydrogen-bond acceptors (Lipinski definition) is 2. The highest BCUT2D eigenvalue weighted by atomic mass is 16.1. The van der Waals surface area contributed by atoms with Crippen LogP contribution in [0.25, 0.3) is 6.08 Å². The third kappa shape index (κ3) is 3.66. The van der Waals surface area contributed by atoms with E-state index in [1.165, 1.54) is 37.7 Å². The van der Waals surface area contributed by atoms with E-state index in [1.807, 2.05) is 18.2 Å². The van der Waals surface area contributed by atoms with Gasteiger partial charge in [0, 0.05) is 17.2 Å². The van der Waals surface area contributed by atoms with Gasteiger partial charge >= 0.3 is 0 Å². The summed E-state index contributed by atoms with van der Waals surface area (Å²) in [6.45, 7) is 2.08. The maximum absolute atomic E-state index is 13.0. The second-order valence-electron chi connectivity index (χ2n) is 7.36. The summed E-state index contributed by atoms with van der Waals surface area (Å²) in [7, 11) is 0. The Kier molecular flexibility index (Phi) is 5.73. The molecule has 0 spiro atoms. The predicted octanol–water partition coefficient (Wildman–Crippen LogP) is 5.87. The van der Waals surface area contributed by atoms with E-state index in [9.17, 15) is 4.79 Å². The lowest BCUT2D eigenvalue weighted by molar-refractivity contribution is 0.103. The summed E-state index contributed by atoms with van der Waals surface area (Å²) in [4.78, 5) is 13.0. The normalized spacial score (nSPS) is 21.5. The number of nitrogens with one attached hydrogen (secondary N) is 1. The Labute approximate surface area is 157 Å². The molecular weight excluding hydrogens is 318 g/mol. The first-order chi connectivity index (χ1) is 12.2. The van der Waals surface area contributed by atoms with E-state index in [4.69, 9.17) is 0 Å². The molecule has 2 nitrogen and oxygen atoms in total. The summed E-state index contributed by atoms with van der Waals surface area (Å²) in [5.74, 6) is 0.171. The van der Waals surface area contributed by atoms with Gasteiger partial charge in [0.15, 0.2) is 5.78 Å². The monoisotopic (exact) mass is 347 g/mol. The lowest BCUT2D eigenvalue weighted by atomic mass is 9.93. The third-order valence-electron chi connectivity index (χ3n) is 5.50. The Balaban J connectivity index is 0.00000196. The topological polar surface area (TPSA) is 29.1 Å². The minimum absolute atomic E-state index is 0. The predicted molar refractivity (Wildman–Crippen MR) is 109 cm³/mol. The molecule has 2 aromatic carbocycles. The number of hydrogen-bond donors (Lipinski definition) is 1. The number of fused-ring (bicyclic) bond motifs is 1. The molecule has 1 saturated carbocycles. The fourth-order valence-corrected chi connectivity index (χ4v) is 4.09. The van der Waals surface area contributed by atoms with Crippen molar-refractivity contribution in [1.82, 2.24) is 5.32 Å². The quantitative estimate of drug-likeness (QED) is 0.703. The smallest absolute Gasteiger partial charge is 0.191 e. The SMILES string of the molecule is C.Cc1ccc(/C=C2/C(=O)c3ccccc3C2NC2CCCCC2)cc1. The summed E-state index contributed by atoms with van der Waals surface area (Å²) in [6, 6.07) is 17.0. The minimum Gasteiger partial charge on any atom is -0.303 e. The number of aryl methyl sites for hydroxylation is 1. The van der Waals surface area contributed by atoms with E-state index in [0.717, 1.165) is 22.3 Å². The van der Waals surface area contributed by atoms with Crippen LogP contribution < -0.4 is 5.32 Å². The first kappa shape index (κ1) is 18.6. The number of benzene rings is 2. The summed E-state index contributed by atoms with van der Waals surface area (Å²) >= 11 is 0. The van der Waals surface area contributed by atoms with Crippen molar-refractivity contribution < 1.29 is 4.79 Å². The Hall–Kier alpha value is -2.19. The molecule has 2 heteroatoms. The summed E-state index contributed by atoms with van der Waals surface area (Å²) in [6.07, 6.45) is 8.41. The molecule has 0 radical (unpaired) electrons. The zero-order valence-corrected chi connectivity index (χ0v) is 14.8. The van der Waals surface area contributed by atoms with Crippen LogP contribution in [0.3, 0.4) is 0 Å². The molecule has 1 fully saturated rings. The van der Waals surface area contributed by atoms with E-state index in [0.29, 0.717) is 6.04 Å². The molecule has 1 N–H and O–H groups in total. The standard InChI is InChI=1S/C23H25NO.CH4/c1-16-11-13-17(14-12-16)15-21-22(24-18-7-3-2-4-8-18)19-9-5-6-10-20(19)23(21)25;/h5-6,9-15,18,22,24H,2-4,7-8H2,1H3;1H4/b21-15+;. The van der Waals surface area contributed by atoms with Crippen molar-refractivity contribution in [2.24, 2.45) is 0 Å². The highest BCUT2D eigenvalue weighted by Gasteiger charge is 2.35. The molecule has 136 valence electrons. The fraction of sp³-hybridized carbons (Fsp3) is 0.375. The molecule has 0 aliphatic heterocycles. The largest absolute Gasteiger partial charge is 0.303 e. The van der Waals surface area contributed by atoms with Crippen LogP contribution in [-0.2, 0) is 0 Å². The van der Waals surface area contributed by atoms with Crippen molar-refractivity contribution in [3.8, 4) is 0 Å². The molecule has 1 atom stereocenters. The first-order valence-corrected chi connectivity index (χ1v) is 9.40. The molecule has 2 aromatic rings. The van der Waals surface area contributed by atoms with Gasteiger partial charge in [0.05, 0.1) is 6.04 Å². The van der Waals surface area contributed by atoms with Crippen LogP contribution in [-0.4, -0.2) is 11.8 Å². The van der Waals surface area contributed by atoms with Crippen molar-refractivity contribution in [3.05, 3.63) is 76.4 Å². The van der Waals surface area contributed by atoms with Gasteiger partial charge in [-0.05, 0) is 37.0 Å². The molecule has 0 heterocycles. The summed E-state index contributed by atoms with van der Waals surface area (Å²) in [5.41, 5.74) is 5.21. The van der Waals surface area contributed by atoms with E-state index in [2.05, 4.69) is 48.6 Å². The zero-order chi connectivity index (χ0) is 17.2. The maximum Gasteiger partial charge on any atom is 0.191 e. The Morgan fingerprint density at radius 3 is 2.38 bits per heavy atom. The highest BCUT2D eigenvalue weighted by Crippen LogP contribution is 2.38. The van der Waals surface area contributed by atoms with Gasteiger partial charge in [-0.2, -0.15) is 0 Å². The van der Waals surface area contributed by atoms with Crippen molar-refractivity contribution in [2.45, 2.75) is 58.5 Å². The van der Waals surface area contributed by atoms with Gasteiger partial charge in [-0.3, -0.25) is 4.79 Å². The lowest BCUT2D eigenvalue weighted by Crippen LogP contribution is -2.34. The van der Waals surface area contributed by atoms with Crippen LogP contribution in [0.15, 0.2) is 54.1 Å². The highest BCUT2D eigenvalue weighted by molar-refractivity contribution is 6.16. The summed E-state index contributed by atoms with van der Waals surface area (Å²) < 4.78 is 0. The summed E-state index contributed by atoms with van der Waals surface area (Å²) in [5, 5.41) is 3.80. The van der Waals surface area contributed by atoms with Crippen molar-refractivity contribution in [2.75, 3.05) is 0 Å². The fourth-order valence-electron chi connectivity index (χ4n) is 4.09. The third-order valence-corrected chi connectivity index (χ3v) is 5.50. The lowest BCUT2D eigenvalue weighted by Gasteiger charge is -2.27. The van der Waals surface area contributed by atoms with Gasteiger partial charge in [0.2, 0.25) is 0 Å². The molecular formula is C24H29NO. The molecule has 2 aliphatic rings. The molecule has 2 aliphatic carbocycles. The van der Waals surface area contributed by atoms with Crippen LogP contribution in [0.2, 0.25) is 0 Å². The van der Waals surface area contributed by atoms with Crippen LogP contribution >= 0.6 is 0 Å². The second kappa shape index (κ2) is 8.01. The maximum atomic E-state index is 13.0. The van der Waals surface area contributed by atoms with Crippen LogP contribution in [0.4, 0.5) is 0 Å². The minimum atomic E-state index is 0. The van der Waals surface area contributed by atoms with E-state index in [1.54, 1.807) is 0 Å². The van der Waals surface area contributed by atoms with Gasteiger partial charge in [0.1, 0.15) is 0 Å². The van der Waals surface area contributed by atoms with E-state index < -0.39 is 0 Å². The molecule has 0 saturated heterocycles. The number of ketones is 1. The van der Waals surface area contributed by atoms with Gasteiger partial charge in [-0.1, -0.05) is 80.8 Å². The van der Waals surface area contributed by atoms with Gasteiger partial charge in [0.25, 0.3) is 0 Å². The number of Topliss-reactive ketones (excluding diaryl/α,β-unsaturated/α-hetero) is 1.